The predicted octanol–water partition coefficient (Wildman–Crippen LogP) is 2.41. The average molecular weight is 271 g/mol. The lowest BCUT2D eigenvalue weighted by atomic mass is 10.0. The van der Waals surface area contributed by atoms with Gasteiger partial charge in [0.1, 0.15) is 5.78 Å². The number of rotatable bonds is 6. The second-order valence-corrected chi connectivity index (χ2v) is 5.03. The van der Waals surface area contributed by atoms with E-state index < -0.39 is 0 Å². The molecule has 0 amide bonds. The van der Waals surface area contributed by atoms with Gasteiger partial charge >= 0.3 is 0 Å². The molecule has 0 aliphatic heterocycles. The van der Waals surface area contributed by atoms with Crippen LogP contribution in [0.2, 0.25) is 0 Å². The average Bonchev–Trinajstić information content (AvgIpc) is 2.79. The zero-order chi connectivity index (χ0) is 14.5. The summed E-state index contributed by atoms with van der Waals surface area (Å²) in [6.07, 6.45) is 0.757. The van der Waals surface area contributed by atoms with Crippen LogP contribution in [-0.2, 0) is 17.8 Å². The van der Waals surface area contributed by atoms with E-state index >= 15 is 0 Å². The molecule has 0 aliphatic carbocycles. The van der Waals surface area contributed by atoms with Crippen LogP contribution in [0.5, 0.6) is 0 Å². The maximum absolute atomic E-state index is 12.2. The lowest BCUT2D eigenvalue weighted by Crippen LogP contribution is -2.18. The first kappa shape index (κ1) is 14.5. The van der Waals surface area contributed by atoms with Crippen molar-refractivity contribution in [1.82, 2.24) is 9.78 Å². The summed E-state index contributed by atoms with van der Waals surface area (Å²) < 4.78 is 1.88. The molecule has 1 aromatic carbocycles. The van der Waals surface area contributed by atoms with E-state index in [1.165, 1.54) is 0 Å². The minimum atomic E-state index is -0.234. The van der Waals surface area contributed by atoms with Crippen molar-refractivity contribution in [2.75, 3.05) is 0 Å². The molecule has 0 bridgehead atoms. The SMILES string of the molecule is CCn1nc(C)cc1CC(=O)CC(N)c1ccccc1. The van der Waals surface area contributed by atoms with Crippen LogP contribution in [0.1, 0.15) is 36.3 Å². The molecule has 1 heterocycles. The van der Waals surface area contributed by atoms with E-state index in [9.17, 15) is 4.79 Å². The number of ketones is 1. The fourth-order valence-corrected chi connectivity index (χ4v) is 2.35. The molecule has 2 N–H and O–H groups in total. The van der Waals surface area contributed by atoms with E-state index in [1.54, 1.807) is 0 Å². The van der Waals surface area contributed by atoms with Crippen molar-refractivity contribution < 1.29 is 4.79 Å². The van der Waals surface area contributed by atoms with Crippen molar-refractivity contribution in [1.29, 1.82) is 0 Å². The highest BCUT2D eigenvalue weighted by atomic mass is 16.1. The Morgan fingerprint density at radius 1 is 1.35 bits per heavy atom. The van der Waals surface area contributed by atoms with Crippen LogP contribution in [0.25, 0.3) is 0 Å². The van der Waals surface area contributed by atoms with Crippen molar-refractivity contribution in [2.24, 2.45) is 5.73 Å². The lowest BCUT2D eigenvalue weighted by molar-refractivity contribution is -0.118. The number of carbonyl (C=O) groups is 1. The van der Waals surface area contributed by atoms with Crippen LogP contribution < -0.4 is 5.73 Å². The maximum atomic E-state index is 12.2. The molecule has 0 saturated heterocycles. The molecular weight excluding hydrogens is 250 g/mol. The molecule has 2 aromatic rings. The third-order valence-electron chi connectivity index (χ3n) is 3.34. The molecule has 0 saturated carbocycles. The van der Waals surface area contributed by atoms with E-state index in [4.69, 9.17) is 5.73 Å². The number of carbonyl (C=O) groups excluding carboxylic acids is 1. The van der Waals surface area contributed by atoms with Crippen molar-refractivity contribution in [2.45, 2.75) is 39.3 Å². The van der Waals surface area contributed by atoms with Crippen LogP contribution in [0.3, 0.4) is 0 Å². The van der Waals surface area contributed by atoms with Crippen LogP contribution in [0.4, 0.5) is 0 Å². The summed E-state index contributed by atoms with van der Waals surface area (Å²) in [7, 11) is 0. The van der Waals surface area contributed by atoms with Gasteiger partial charge < -0.3 is 5.73 Å². The second-order valence-electron chi connectivity index (χ2n) is 5.03. The van der Waals surface area contributed by atoms with Gasteiger partial charge in [-0.15, -0.1) is 0 Å². The number of benzene rings is 1. The molecule has 0 aliphatic rings. The van der Waals surface area contributed by atoms with Gasteiger partial charge in [-0.2, -0.15) is 5.10 Å². The first-order valence-electron chi connectivity index (χ1n) is 6.95. The number of nitrogens with zero attached hydrogens (tertiary/aromatic N) is 2. The largest absolute Gasteiger partial charge is 0.324 e. The molecule has 0 spiro atoms. The van der Waals surface area contributed by atoms with Crippen LogP contribution in [0, 0.1) is 6.92 Å². The molecule has 4 heteroatoms. The Morgan fingerprint density at radius 2 is 2.05 bits per heavy atom. The van der Waals surface area contributed by atoms with Gasteiger partial charge in [0.2, 0.25) is 0 Å². The number of hydrogen-bond acceptors (Lipinski definition) is 3. The first-order valence-corrected chi connectivity index (χ1v) is 6.95. The minimum absolute atomic E-state index is 0.149. The highest BCUT2D eigenvalue weighted by Crippen LogP contribution is 2.15. The Bertz CT molecular complexity index is 575. The van der Waals surface area contributed by atoms with Gasteiger partial charge in [-0.05, 0) is 25.5 Å². The topological polar surface area (TPSA) is 60.9 Å². The monoisotopic (exact) mass is 271 g/mol. The molecule has 1 aromatic heterocycles. The highest BCUT2D eigenvalue weighted by Gasteiger charge is 2.14. The van der Waals surface area contributed by atoms with Gasteiger partial charge in [-0.3, -0.25) is 9.48 Å². The second kappa shape index (κ2) is 6.48. The van der Waals surface area contributed by atoms with Crippen molar-refractivity contribution in [3.63, 3.8) is 0 Å². The van der Waals surface area contributed by atoms with Gasteiger partial charge in [0, 0.05) is 31.1 Å². The number of aromatic nitrogens is 2. The van der Waals surface area contributed by atoms with E-state index in [2.05, 4.69) is 5.10 Å². The van der Waals surface area contributed by atoms with Crippen LogP contribution >= 0.6 is 0 Å². The number of nitrogens with two attached hydrogens (primary N) is 1. The van der Waals surface area contributed by atoms with Crippen molar-refractivity contribution in [3.8, 4) is 0 Å². The summed E-state index contributed by atoms with van der Waals surface area (Å²) in [6.45, 7) is 4.74. The van der Waals surface area contributed by atoms with E-state index in [0.717, 1.165) is 23.5 Å². The molecule has 0 fully saturated rings. The van der Waals surface area contributed by atoms with Crippen LogP contribution in [-0.4, -0.2) is 15.6 Å². The summed E-state index contributed by atoms with van der Waals surface area (Å²) in [4.78, 5) is 12.2. The molecular formula is C16H21N3O. The normalized spacial score (nSPS) is 12.3. The predicted molar refractivity (Wildman–Crippen MR) is 79.3 cm³/mol. The zero-order valence-corrected chi connectivity index (χ0v) is 12.0. The van der Waals surface area contributed by atoms with Gasteiger partial charge in [0.15, 0.2) is 0 Å². The van der Waals surface area contributed by atoms with E-state index in [-0.39, 0.29) is 11.8 Å². The summed E-state index contributed by atoms with van der Waals surface area (Å²) in [5.74, 6) is 0.149. The fraction of sp³-hybridized carbons (Fsp3) is 0.375. The molecule has 106 valence electrons. The quantitative estimate of drug-likeness (QED) is 0.877. The zero-order valence-electron chi connectivity index (χ0n) is 12.0. The van der Waals surface area contributed by atoms with Crippen LogP contribution in [0.15, 0.2) is 36.4 Å². The standard InChI is InChI=1S/C16H21N3O/c1-3-19-14(9-12(2)18-19)10-15(20)11-16(17)13-7-5-4-6-8-13/h4-9,16H,3,10-11,17H2,1-2H3. The Morgan fingerprint density at radius 3 is 2.70 bits per heavy atom. The molecule has 20 heavy (non-hydrogen) atoms. The Labute approximate surface area is 119 Å². The fourth-order valence-electron chi connectivity index (χ4n) is 2.35. The number of aryl methyl sites for hydroxylation is 2. The molecule has 0 radical (unpaired) electrons. The summed E-state index contributed by atoms with van der Waals surface area (Å²) in [5.41, 5.74) is 9.00. The minimum Gasteiger partial charge on any atom is -0.324 e. The van der Waals surface area contributed by atoms with Gasteiger partial charge in [-0.25, -0.2) is 0 Å². The Kier molecular flexibility index (Phi) is 4.69. The number of Topliss-reactive ketones (excluding diaryl/α,β-unsaturated/α-hetero) is 1. The molecule has 1 unspecified atom stereocenters. The van der Waals surface area contributed by atoms with Crippen molar-refractivity contribution in [3.05, 3.63) is 53.3 Å². The van der Waals surface area contributed by atoms with E-state index in [1.807, 2.05) is 54.9 Å². The van der Waals surface area contributed by atoms with Crippen molar-refractivity contribution >= 4 is 5.78 Å². The van der Waals surface area contributed by atoms with E-state index in [0.29, 0.717) is 12.8 Å². The molecule has 1 atom stereocenters. The Hall–Kier alpha value is -1.94. The summed E-state index contributed by atoms with van der Waals surface area (Å²) >= 11 is 0. The summed E-state index contributed by atoms with van der Waals surface area (Å²) in [5, 5.41) is 4.35. The van der Waals surface area contributed by atoms with Gasteiger partial charge in [0.05, 0.1) is 5.69 Å². The third kappa shape index (κ3) is 3.54. The van der Waals surface area contributed by atoms with Gasteiger partial charge in [0.25, 0.3) is 0 Å². The number of hydrogen-bond donors (Lipinski definition) is 1. The smallest absolute Gasteiger partial charge is 0.140 e. The third-order valence-corrected chi connectivity index (χ3v) is 3.34. The van der Waals surface area contributed by atoms with Gasteiger partial charge in [-0.1, -0.05) is 30.3 Å². The Balaban J connectivity index is 1.99. The maximum Gasteiger partial charge on any atom is 0.140 e. The lowest BCUT2D eigenvalue weighted by Gasteiger charge is -2.11. The first-order chi connectivity index (χ1) is 9.60. The summed E-state index contributed by atoms with van der Waals surface area (Å²) in [6, 6.07) is 11.5. The molecule has 4 nitrogen and oxygen atoms in total. The molecule has 2 rings (SSSR count). The highest BCUT2D eigenvalue weighted by molar-refractivity contribution is 5.81.